The van der Waals surface area contributed by atoms with E-state index in [1.807, 2.05) is 53.6 Å². The van der Waals surface area contributed by atoms with E-state index >= 15 is 0 Å². The number of rotatable bonds is 4. The SMILES string of the molecule is Cc1ccc(-c2csc(NC(=O)C3CCN(C(=O)c4ccccc4C)CC3)n2)cc1. The van der Waals surface area contributed by atoms with Gasteiger partial charge in [0.25, 0.3) is 5.91 Å². The quantitative estimate of drug-likeness (QED) is 0.653. The number of nitrogens with zero attached hydrogens (tertiary/aromatic N) is 2. The van der Waals surface area contributed by atoms with Gasteiger partial charge in [-0.1, -0.05) is 48.0 Å². The Balaban J connectivity index is 1.33. The standard InChI is InChI=1S/C24H25N3O2S/c1-16-7-9-18(10-8-16)21-15-30-24(25-21)26-22(28)19-11-13-27(14-12-19)23(29)20-6-4-3-5-17(20)2/h3-10,15,19H,11-14H2,1-2H3,(H,25,26,28). The van der Waals surface area contributed by atoms with Gasteiger partial charge in [-0.05, 0) is 38.3 Å². The predicted molar refractivity (Wildman–Crippen MR) is 121 cm³/mol. The van der Waals surface area contributed by atoms with E-state index in [2.05, 4.69) is 29.4 Å². The number of nitrogens with one attached hydrogen (secondary N) is 1. The number of hydrogen-bond donors (Lipinski definition) is 1. The number of amides is 2. The molecular formula is C24H25N3O2S. The van der Waals surface area contributed by atoms with E-state index in [9.17, 15) is 9.59 Å². The molecule has 0 bridgehead atoms. The number of aryl methyl sites for hydroxylation is 2. The largest absolute Gasteiger partial charge is 0.339 e. The van der Waals surface area contributed by atoms with Crippen molar-refractivity contribution < 1.29 is 9.59 Å². The third-order valence-electron chi connectivity index (χ3n) is 5.61. The van der Waals surface area contributed by atoms with Crippen molar-refractivity contribution in [2.24, 2.45) is 5.92 Å². The van der Waals surface area contributed by atoms with Gasteiger partial charge in [0, 0.05) is 35.5 Å². The van der Waals surface area contributed by atoms with Crippen LogP contribution in [0.5, 0.6) is 0 Å². The summed E-state index contributed by atoms with van der Waals surface area (Å²) in [5.41, 5.74) is 4.84. The van der Waals surface area contributed by atoms with Gasteiger partial charge in [-0.25, -0.2) is 4.98 Å². The zero-order chi connectivity index (χ0) is 21.1. The fraction of sp³-hybridized carbons (Fsp3) is 0.292. The fourth-order valence-corrected chi connectivity index (χ4v) is 4.45. The maximum atomic E-state index is 12.8. The molecule has 154 valence electrons. The van der Waals surface area contributed by atoms with Crippen LogP contribution in [-0.2, 0) is 4.79 Å². The van der Waals surface area contributed by atoms with Crippen LogP contribution in [0.2, 0.25) is 0 Å². The Hall–Kier alpha value is -2.99. The summed E-state index contributed by atoms with van der Waals surface area (Å²) >= 11 is 1.44. The molecule has 1 aromatic heterocycles. The van der Waals surface area contributed by atoms with Crippen molar-refractivity contribution in [1.82, 2.24) is 9.88 Å². The number of carbonyl (C=O) groups is 2. The Bertz CT molecular complexity index is 1050. The number of piperidine rings is 1. The Labute approximate surface area is 180 Å². The second kappa shape index (κ2) is 8.79. The topological polar surface area (TPSA) is 62.3 Å². The second-order valence-electron chi connectivity index (χ2n) is 7.77. The van der Waals surface area contributed by atoms with Gasteiger partial charge in [-0.15, -0.1) is 11.3 Å². The molecule has 2 heterocycles. The maximum Gasteiger partial charge on any atom is 0.254 e. The van der Waals surface area contributed by atoms with E-state index in [4.69, 9.17) is 0 Å². The molecule has 1 aliphatic heterocycles. The van der Waals surface area contributed by atoms with E-state index in [0.717, 1.165) is 22.4 Å². The van der Waals surface area contributed by atoms with Crippen LogP contribution >= 0.6 is 11.3 Å². The zero-order valence-corrected chi connectivity index (χ0v) is 18.0. The molecule has 1 N–H and O–H groups in total. The monoisotopic (exact) mass is 419 g/mol. The molecule has 0 atom stereocenters. The molecule has 1 fully saturated rings. The minimum absolute atomic E-state index is 0.0113. The summed E-state index contributed by atoms with van der Waals surface area (Å²) < 4.78 is 0. The van der Waals surface area contributed by atoms with Crippen LogP contribution in [0.15, 0.2) is 53.9 Å². The molecule has 6 heteroatoms. The predicted octanol–water partition coefficient (Wildman–Crippen LogP) is 4.92. The molecule has 0 saturated carbocycles. The summed E-state index contributed by atoms with van der Waals surface area (Å²) in [5.74, 6) is -0.0601. The highest BCUT2D eigenvalue weighted by Gasteiger charge is 2.28. The van der Waals surface area contributed by atoms with Crippen LogP contribution < -0.4 is 5.32 Å². The molecule has 4 rings (SSSR count). The first-order valence-corrected chi connectivity index (χ1v) is 11.1. The number of anilines is 1. The van der Waals surface area contributed by atoms with E-state index in [1.165, 1.54) is 16.9 Å². The third kappa shape index (κ3) is 4.44. The molecule has 3 aromatic rings. The van der Waals surface area contributed by atoms with E-state index in [1.54, 1.807) is 0 Å². The Kier molecular flexibility index (Phi) is 5.95. The van der Waals surface area contributed by atoms with Crippen LogP contribution in [0.1, 0.15) is 34.3 Å². The average Bonchev–Trinajstić information content (AvgIpc) is 3.22. The van der Waals surface area contributed by atoms with Crippen molar-refractivity contribution in [1.29, 1.82) is 0 Å². The van der Waals surface area contributed by atoms with Crippen LogP contribution in [0, 0.1) is 19.8 Å². The number of likely N-dealkylation sites (tertiary alicyclic amines) is 1. The lowest BCUT2D eigenvalue weighted by Gasteiger charge is -2.31. The minimum Gasteiger partial charge on any atom is -0.339 e. The summed E-state index contributed by atoms with van der Waals surface area (Å²) in [5, 5.41) is 5.54. The van der Waals surface area contributed by atoms with E-state index in [0.29, 0.717) is 31.1 Å². The molecule has 30 heavy (non-hydrogen) atoms. The van der Waals surface area contributed by atoms with Gasteiger partial charge in [-0.2, -0.15) is 0 Å². The van der Waals surface area contributed by atoms with Gasteiger partial charge >= 0.3 is 0 Å². The zero-order valence-electron chi connectivity index (χ0n) is 17.2. The molecular weight excluding hydrogens is 394 g/mol. The highest BCUT2D eigenvalue weighted by atomic mass is 32.1. The molecule has 2 aromatic carbocycles. The average molecular weight is 420 g/mol. The summed E-state index contributed by atoms with van der Waals surface area (Å²) in [7, 11) is 0. The maximum absolute atomic E-state index is 12.8. The highest BCUT2D eigenvalue weighted by Crippen LogP contribution is 2.27. The normalized spacial score (nSPS) is 14.5. The van der Waals surface area contributed by atoms with Crippen LogP contribution in [0.3, 0.4) is 0 Å². The highest BCUT2D eigenvalue weighted by molar-refractivity contribution is 7.14. The van der Waals surface area contributed by atoms with Gasteiger partial charge in [0.2, 0.25) is 5.91 Å². The minimum atomic E-state index is -0.0994. The smallest absolute Gasteiger partial charge is 0.254 e. The molecule has 0 aliphatic carbocycles. The lowest BCUT2D eigenvalue weighted by atomic mass is 9.95. The Morgan fingerprint density at radius 2 is 1.73 bits per heavy atom. The first kappa shape index (κ1) is 20.3. The van der Waals surface area contributed by atoms with Crippen LogP contribution in [0.25, 0.3) is 11.3 Å². The van der Waals surface area contributed by atoms with Crippen LogP contribution in [-0.4, -0.2) is 34.8 Å². The van der Waals surface area contributed by atoms with Crippen molar-refractivity contribution in [3.63, 3.8) is 0 Å². The van der Waals surface area contributed by atoms with Crippen molar-refractivity contribution >= 4 is 28.3 Å². The van der Waals surface area contributed by atoms with Crippen molar-refractivity contribution in [2.45, 2.75) is 26.7 Å². The molecule has 0 radical (unpaired) electrons. The second-order valence-corrected chi connectivity index (χ2v) is 8.63. The Morgan fingerprint density at radius 3 is 2.43 bits per heavy atom. The van der Waals surface area contributed by atoms with Gasteiger partial charge in [0.15, 0.2) is 5.13 Å². The van der Waals surface area contributed by atoms with Crippen molar-refractivity contribution in [2.75, 3.05) is 18.4 Å². The van der Waals surface area contributed by atoms with Gasteiger partial charge in [0.1, 0.15) is 0 Å². The molecule has 0 unspecified atom stereocenters. The third-order valence-corrected chi connectivity index (χ3v) is 6.37. The lowest BCUT2D eigenvalue weighted by molar-refractivity contribution is -0.121. The number of thiazole rings is 1. The first-order valence-electron chi connectivity index (χ1n) is 10.2. The van der Waals surface area contributed by atoms with Gasteiger partial charge in [0.05, 0.1) is 5.69 Å². The summed E-state index contributed by atoms with van der Waals surface area (Å²) in [6.07, 6.45) is 1.33. The van der Waals surface area contributed by atoms with E-state index < -0.39 is 0 Å². The first-order chi connectivity index (χ1) is 14.5. The summed E-state index contributed by atoms with van der Waals surface area (Å²) in [6, 6.07) is 15.8. The Morgan fingerprint density at radius 1 is 1.03 bits per heavy atom. The number of hydrogen-bond acceptors (Lipinski definition) is 4. The number of aromatic nitrogens is 1. The molecule has 0 spiro atoms. The molecule has 1 saturated heterocycles. The summed E-state index contributed by atoms with van der Waals surface area (Å²) in [6.45, 7) is 5.19. The van der Waals surface area contributed by atoms with Gasteiger partial charge in [-0.3, -0.25) is 9.59 Å². The number of benzene rings is 2. The lowest BCUT2D eigenvalue weighted by Crippen LogP contribution is -2.41. The van der Waals surface area contributed by atoms with Crippen molar-refractivity contribution in [3.05, 3.63) is 70.6 Å². The van der Waals surface area contributed by atoms with Crippen molar-refractivity contribution in [3.8, 4) is 11.3 Å². The summed E-state index contributed by atoms with van der Waals surface area (Å²) in [4.78, 5) is 31.9. The van der Waals surface area contributed by atoms with Crippen LogP contribution in [0.4, 0.5) is 5.13 Å². The molecule has 1 aliphatic rings. The fourth-order valence-electron chi connectivity index (χ4n) is 3.72. The molecule has 5 nitrogen and oxygen atoms in total. The number of carbonyl (C=O) groups excluding carboxylic acids is 2. The van der Waals surface area contributed by atoms with E-state index in [-0.39, 0.29) is 17.7 Å². The van der Waals surface area contributed by atoms with Gasteiger partial charge < -0.3 is 10.2 Å². The molecule has 2 amide bonds.